The van der Waals surface area contributed by atoms with Gasteiger partial charge < -0.3 is 33.5 Å². The van der Waals surface area contributed by atoms with Gasteiger partial charge in [0, 0.05) is 37.8 Å². The van der Waals surface area contributed by atoms with Gasteiger partial charge in [-0.1, -0.05) is 24.3 Å². The summed E-state index contributed by atoms with van der Waals surface area (Å²) in [7, 11) is 7.75. The lowest BCUT2D eigenvalue weighted by molar-refractivity contribution is -0.127. The highest BCUT2D eigenvalue weighted by atomic mass is 16.5. The third-order valence-corrected chi connectivity index (χ3v) is 6.81. The van der Waals surface area contributed by atoms with E-state index in [1.54, 1.807) is 48.3 Å². The van der Waals surface area contributed by atoms with Crippen molar-refractivity contribution in [3.8, 4) is 39.9 Å². The molecule has 0 radical (unpaired) electrons. The Morgan fingerprint density at radius 1 is 0.650 bits per heavy atom. The average Bonchev–Trinajstić information content (AvgIpc) is 3.02. The van der Waals surface area contributed by atoms with Crippen molar-refractivity contribution in [3.05, 3.63) is 71.8 Å². The molecule has 0 aromatic heterocycles. The number of benzene rings is 3. The van der Waals surface area contributed by atoms with Crippen LogP contribution in [-0.4, -0.2) is 83.3 Å². The summed E-state index contributed by atoms with van der Waals surface area (Å²) in [6.07, 6.45) is 3.38. The van der Waals surface area contributed by atoms with Gasteiger partial charge in [0.1, 0.15) is 0 Å². The van der Waals surface area contributed by atoms with Crippen LogP contribution in [-0.2, 0) is 4.79 Å². The minimum atomic E-state index is -0.158. The first kappa shape index (κ1) is 28.4. The maximum Gasteiger partial charge on any atom is 0.254 e. The second-order valence-electron chi connectivity index (χ2n) is 9.06. The Labute approximate surface area is 234 Å². The number of nitrogens with zero attached hydrogens (tertiary/aromatic N) is 2. The van der Waals surface area contributed by atoms with E-state index in [4.69, 9.17) is 23.7 Å². The van der Waals surface area contributed by atoms with Gasteiger partial charge in [-0.2, -0.15) is 0 Å². The number of rotatable bonds is 9. The molecule has 0 bridgehead atoms. The monoisotopic (exact) mass is 546 g/mol. The standard InChI is InChI=1S/C31H34N2O7/c1-36-25-11-10-23(18-26(25)37-2)22-8-6-7-21(17-22)9-12-29(34)32-13-15-33(16-14-32)31(35)24-19-27(38-3)30(40-5)28(20-24)39-4/h6-12,17-20H,13-16H2,1-5H3/b12-9-. The second kappa shape index (κ2) is 12.9. The molecule has 0 atom stereocenters. The van der Waals surface area contributed by atoms with Gasteiger partial charge in [0.2, 0.25) is 11.7 Å². The zero-order chi connectivity index (χ0) is 28.6. The number of hydrogen-bond acceptors (Lipinski definition) is 7. The van der Waals surface area contributed by atoms with Gasteiger partial charge in [-0.15, -0.1) is 0 Å². The fraction of sp³-hybridized carbons (Fsp3) is 0.290. The predicted octanol–water partition coefficient (Wildman–Crippen LogP) is 4.39. The van der Waals surface area contributed by atoms with Crippen LogP contribution in [0.4, 0.5) is 0 Å². The van der Waals surface area contributed by atoms with E-state index >= 15 is 0 Å². The van der Waals surface area contributed by atoms with Crippen LogP contribution >= 0.6 is 0 Å². The molecule has 0 saturated carbocycles. The second-order valence-corrected chi connectivity index (χ2v) is 9.06. The van der Waals surface area contributed by atoms with Gasteiger partial charge in [-0.25, -0.2) is 0 Å². The van der Waals surface area contributed by atoms with Crippen LogP contribution in [0.15, 0.2) is 60.7 Å². The van der Waals surface area contributed by atoms with Crippen molar-refractivity contribution >= 4 is 17.9 Å². The fourth-order valence-electron chi connectivity index (χ4n) is 4.63. The summed E-state index contributed by atoms with van der Waals surface area (Å²) in [4.78, 5) is 29.6. The van der Waals surface area contributed by atoms with E-state index < -0.39 is 0 Å². The molecule has 9 nitrogen and oxygen atoms in total. The molecule has 0 unspecified atom stereocenters. The third-order valence-electron chi connectivity index (χ3n) is 6.81. The lowest BCUT2D eigenvalue weighted by Crippen LogP contribution is -2.50. The SMILES string of the molecule is COc1ccc(-c2cccc(/C=C\C(=O)N3CCN(C(=O)c4cc(OC)c(OC)c(OC)c4)CC3)c2)cc1OC. The average molecular weight is 547 g/mol. The fourth-order valence-corrected chi connectivity index (χ4v) is 4.63. The minimum absolute atomic E-state index is 0.101. The van der Waals surface area contributed by atoms with Crippen molar-refractivity contribution in [2.75, 3.05) is 61.7 Å². The molecule has 4 rings (SSSR count). The Kier molecular flexibility index (Phi) is 9.16. The van der Waals surface area contributed by atoms with E-state index in [9.17, 15) is 9.59 Å². The zero-order valence-corrected chi connectivity index (χ0v) is 23.4. The largest absolute Gasteiger partial charge is 0.493 e. The van der Waals surface area contributed by atoms with E-state index in [0.29, 0.717) is 60.5 Å². The lowest BCUT2D eigenvalue weighted by atomic mass is 10.0. The first-order valence-electron chi connectivity index (χ1n) is 12.8. The molecular weight excluding hydrogens is 512 g/mol. The maximum atomic E-state index is 13.2. The number of carbonyl (C=O) groups excluding carboxylic acids is 2. The zero-order valence-electron chi connectivity index (χ0n) is 23.4. The van der Waals surface area contributed by atoms with Crippen LogP contribution in [0.3, 0.4) is 0 Å². The first-order chi connectivity index (χ1) is 19.4. The number of hydrogen-bond donors (Lipinski definition) is 0. The lowest BCUT2D eigenvalue weighted by Gasteiger charge is -2.34. The summed E-state index contributed by atoms with van der Waals surface area (Å²) in [5.74, 6) is 2.32. The molecule has 1 aliphatic heterocycles. The van der Waals surface area contributed by atoms with Crippen LogP contribution in [0, 0.1) is 0 Å². The van der Waals surface area contributed by atoms with E-state index in [0.717, 1.165) is 16.7 Å². The minimum Gasteiger partial charge on any atom is -0.493 e. The predicted molar refractivity (Wildman–Crippen MR) is 153 cm³/mol. The first-order valence-corrected chi connectivity index (χ1v) is 12.8. The molecule has 1 aliphatic rings. The molecule has 3 aromatic rings. The van der Waals surface area contributed by atoms with Crippen molar-refractivity contribution in [3.63, 3.8) is 0 Å². The van der Waals surface area contributed by atoms with E-state index in [1.165, 1.54) is 21.3 Å². The molecule has 0 N–H and O–H groups in total. The van der Waals surface area contributed by atoms with Gasteiger partial charge in [-0.05, 0) is 53.1 Å². The van der Waals surface area contributed by atoms with E-state index in [1.807, 2.05) is 42.5 Å². The van der Waals surface area contributed by atoms with Crippen molar-refractivity contribution in [1.82, 2.24) is 9.80 Å². The molecule has 0 spiro atoms. The Bertz CT molecular complexity index is 1370. The maximum absolute atomic E-state index is 13.2. The molecule has 1 fully saturated rings. The van der Waals surface area contributed by atoms with Crippen molar-refractivity contribution < 1.29 is 33.3 Å². The quantitative estimate of drug-likeness (QED) is 0.368. The van der Waals surface area contributed by atoms with Crippen molar-refractivity contribution in [2.24, 2.45) is 0 Å². The molecule has 0 aliphatic carbocycles. The Balaban J connectivity index is 1.39. The van der Waals surface area contributed by atoms with E-state index in [-0.39, 0.29) is 11.8 Å². The van der Waals surface area contributed by atoms with Crippen molar-refractivity contribution in [2.45, 2.75) is 0 Å². The summed E-state index contributed by atoms with van der Waals surface area (Å²) in [6, 6.07) is 16.9. The van der Waals surface area contributed by atoms with Gasteiger partial charge in [-0.3, -0.25) is 9.59 Å². The summed E-state index contributed by atoms with van der Waals surface area (Å²) in [5, 5.41) is 0. The summed E-state index contributed by atoms with van der Waals surface area (Å²) < 4.78 is 26.8. The summed E-state index contributed by atoms with van der Waals surface area (Å²) >= 11 is 0. The molecule has 2 amide bonds. The summed E-state index contributed by atoms with van der Waals surface area (Å²) in [5.41, 5.74) is 3.31. The topological polar surface area (TPSA) is 86.8 Å². The Morgan fingerprint density at radius 2 is 1.25 bits per heavy atom. The highest BCUT2D eigenvalue weighted by molar-refractivity contribution is 5.96. The molecule has 1 heterocycles. The number of amides is 2. The van der Waals surface area contributed by atoms with Crippen molar-refractivity contribution in [1.29, 1.82) is 0 Å². The molecule has 1 saturated heterocycles. The third kappa shape index (κ3) is 6.14. The smallest absolute Gasteiger partial charge is 0.254 e. The number of piperazine rings is 1. The Morgan fingerprint density at radius 3 is 1.85 bits per heavy atom. The van der Waals surface area contributed by atoms with Crippen LogP contribution in [0.2, 0.25) is 0 Å². The van der Waals surface area contributed by atoms with Gasteiger partial charge in [0.15, 0.2) is 23.0 Å². The van der Waals surface area contributed by atoms with Crippen LogP contribution < -0.4 is 23.7 Å². The molecule has 210 valence electrons. The van der Waals surface area contributed by atoms with Crippen LogP contribution in [0.1, 0.15) is 15.9 Å². The van der Waals surface area contributed by atoms with Gasteiger partial charge >= 0.3 is 0 Å². The van der Waals surface area contributed by atoms with E-state index in [2.05, 4.69) is 0 Å². The van der Waals surface area contributed by atoms with Gasteiger partial charge in [0.25, 0.3) is 5.91 Å². The number of carbonyl (C=O) groups is 2. The molecule has 40 heavy (non-hydrogen) atoms. The van der Waals surface area contributed by atoms with Gasteiger partial charge in [0.05, 0.1) is 35.5 Å². The normalized spacial score (nSPS) is 13.2. The van der Waals surface area contributed by atoms with Crippen LogP contribution in [0.5, 0.6) is 28.7 Å². The highest BCUT2D eigenvalue weighted by Gasteiger charge is 2.26. The molecular formula is C31H34N2O7. The number of ether oxygens (including phenoxy) is 5. The number of methoxy groups -OCH3 is 5. The Hall–Kier alpha value is -4.66. The summed E-state index contributed by atoms with van der Waals surface area (Å²) in [6.45, 7) is 1.71. The highest BCUT2D eigenvalue weighted by Crippen LogP contribution is 2.38. The van der Waals surface area contributed by atoms with Crippen LogP contribution in [0.25, 0.3) is 17.2 Å². The molecule has 3 aromatic carbocycles. The molecule has 9 heteroatoms.